The normalized spacial score (nSPS) is 21.3. The minimum Gasteiger partial charge on any atom is -0.466 e. The Morgan fingerprint density at radius 3 is 2.50 bits per heavy atom. The summed E-state index contributed by atoms with van der Waals surface area (Å²) in [7, 11) is 1.32. The van der Waals surface area contributed by atoms with Crippen molar-refractivity contribution in [3.05, 3.63) is 93.0 Å². The van der Waals surface area contributed by atoms with E-state index in [1.807, 2.05) is 18.2 Å². The summed E-state index contributed by atoms with van der Waals surface area (Å²) in [6, 6.07) is 13.5. The second kappa shape index (κ2) is 8.07. The zero-order valence-electron chi connectivity index (χ0n) is 16.7. The molecule has 0 amide bonds. The van der Waals surface area contributed by atoms with Gasteiger partial charge in [-0.2, -0.15) is 0 Å². The van der Waals surface area contributed by atoms with Gasteiger partial charge in [0.15, 0.2) is 5.78 Å². The number of carbonyl (C=O) groups excluding carboxylic acids is 2. The first-order valence-corrected chi connectivity index (χ1v) is 10.1. The zero-order chi connectivity index (χ0) is 21.4. The Balaban J connectivity index is 1.82. The first kappa shape index (κ1) is 20.4. The average molecular weight is 426 g/mol. The molecule has 0 radical (unpaired) electrons. The summed E-state index contributed by atoms with van der Waals surface area (Å²) in [5.74, 6) is -1.52. The molecule has 2 aromatic rings. The van der Waals surface area contributed by atoms with E-state index in [9.17, 15) is 14.0 Å². The molecule has 2 aromatic carbocycles. The Morgan fingerprint density at radius 1 is 1.13 bits per heavy atom. The maximum atomic E-state index is 13.3. The number of ether oxygens (including phenoxy) is 1. The molecule has 30 heavy (non-hydrogen) atoms. The number of hydrogen-bond acceptors (Lipinski definition) is 4. The number of hydrogen-bond donors (Lipinski definition) is 1. The molecule has 1 N–H and O–H groups in total. The Hall–Kier alpha value is -2.92. The number of halogens is 2. The number of benzene rings is 2. The van der Waals surface area contributed by atoms with Crippen molar-refractivity contribution < 1.29 is 18.7 Å². The molecule has 4 nitrogen and oxygen atoms in total. The maximum absolute atomic E-state index is 13.3. The number of ketones is 1. The van der Waals surface area contributed by atoms with Crippen LogP contribution in [0.4, 0.5) is 4.39 Å². The number of Topliss-reactive ketones (excluding diaryl/α,β-unsaturated/α-hetero) is 1. The van der Waals surface area contributed by atoms with Crippen LogP contribution in [0.1, 0.15) is 42.7 Å². The Kier molecular flexibility index (Phi) is 5.48. The number of rotatable bonds is 3. The molecule has 1 aliphatic carbocycles. The second-order valence-corrected chi connectivity index (χ2v) is 7.99. The summed E-state index contributed by atoms with van der Waals surface area (Å²) in [6.07, 6.45) is 0.861. The fourth-order valence-electron chi connectivity index (χ4n) is 4.41. The number of dihydropyridines is 1. The average Bonchev–Trinajstić information content (AvgIpc) is 2.73. The molecule has 0 spiro atoms. The highest BCUT2D eigenvalue weighted by molar-refractivity contribution is 6.31. The predicted octanol–water partition coefficient (Wildman–Crippen LogP) is 5.01. The van der Waals surface area contributed by atoms with Crippen LogP contribution in [-0.4, -0.2) is 18.9 Å². The standard InChI is InChI=1S/C24H21ClFNO3/c1-13-21(24(29)30-2)22(17-5-3-4-6-18(17)25)23-19(27-13)11-15(12-20(23)28)14-7-9-16(26)10-8-14/h3-10,15,22,27H,11-12H2,1-2H3/t15-,22-/m0/s1. The smallest absolute Gasteiger partial charge is 0.336 e. The topological polar surface area (TPSA) is 55.4 Å². The van der Waals surface area contributed by atoms with Crippen LogP contribution in [0.15, 0.2) is 71.1 Å². The van der Waals surface area contributed by atoms with Crippen LogP contribution in [-0.2, 0) is 14.3 Å². The number of carbonyl (C=O) groups is 2. The van der Waals surface area contributed by atoms with Gasteiger partial charge in [-0.3, -0.25) is 4.79 Å². The van der Waals surface area contributed by atoms with E-state index in [1.54, 1.807) is 25.1 Å². The third-order valence-electron chi connectivity index (χ3n) is 5.79. The minimum atomic E-state index is -0.593. The SMILES string of the molecule is COC(=O)C1=C(C)NC2=C(C(=O)C[C@@H](c3ccc(F)cc3)C2)[C@H]1c1ccccc1Cl. The quantitative estimate of drug-likeness (QED) is 0.702. The zero-order valence-corrected chi connectivity index (χ0v) is 17.4. The van der Waals surface area contributed by atoms with E-state index in [-0.39, 0.29) is 23.9 Å². The van der Waals surface area contributed by atoms with Crippen molar-refractivity contribution in [3.8, 4) is 0 Å². The van der Waals surface area contributed by atoms with Crippen molar-refractivity contribution in [2.75, 3.05) is 7.11 Å². The van der Waals surface area contributed by atoms with Gasteiger partial charge in [-0.05, 0) is 48.6 Å². The van der Waals surface area contributed by atoms with Gasteiger partial charge in [-0.15, -0.1) is 0 Å². The van der Waals surface area contributed by atoms with Crippen molar-refractivity contribution in [3.63, 3.8) is 0 Å². The van der Waals surface area contributed by atoms with Crippen molar-refractivity contribution in [1.29, 1.82) is 0 Å². The molecule has 0 saturated carbocycles. The molecule has 0 unspecified atom stereocenters. The molecule has 2 aliphatic rings. The van der Waals surface area contributed by atoms with E-state index in [2.05, 4.69) is 5.32 Å². The number of esters is 1. The summed E-state index contributed by atoms with van der Waals surface area (Å²) in [5, 5.41) is 3.75. The van der Waals surface area contributed by atoms with Gasteiger partial charge in [0, 0.05) is 34.3 Å². The Labute approximate surface area is 179 Å². The predicted molar refractivity (Wildman–Crippen MR) is 112 cm³/mol. The van der Waals surface area contributed by atoms with Gasteiger partial charge in [-0.25, -0.2) is 9.18 Å². The molecule has 154 valence electrons. The molecule has 0 bridgehead atoms. The van der Waals surface area contributed by atoms with Crippen LogP contribution in [0, 0.1) is 5.82 Å². The Morgan fingerprint density at radius 2 is 1.83 bits per heavy atom. The minimum absolute atomic E-state index is 0.0584. The van der Waals surface area contributed by atoms with Crippen LogP contribution in [0.25, 0.3) is 0 Å². The van der Waals surface area contributed by atoms with E-state index < -0.39 is 11.9 Å². The molecule has 2 atom stereocenters. The molecule has 0 aromatic heterocycles. The molecule has 6 heteroatoms. The van der Waals surface area contributed by atoms with Gasteiger partial charge >= 0.3 is 5.97 Å². The third kappa shape index (κ3) is 3.54. The fraction of sp³-hybridized carbons (Fsp3) is 0.250. The van der Waals surface area contributed by atoms with Gasteiger partial charge in [0.05, 0.1) is 12.7 Å². The highest BCUT2D eigenvalue weighted by atomic mass is 35.5. The van der Waals surface area contributed by atoms with Crippen molar-refractivity contribution >= 4 is 23.4 Å². The van der Waals surface area contributed by atoms with Crippen LogP contribution in [0.2, 0.25) is 5.02 Å². The van der Waals surface area contributed by atoms with Gasteiger partial charge in [-0.1, -0.05) is 41.9 Å². The largest absolute Gasteiger partial charge is 0.466 e. The summed E-state index contributed by atoms with van der Waals surface area (Å²) in [5.41, 5.74) is 3.95. The van der Waals surface area contributed by atoms with Crippen LogP contribution >= 0.6 is 11.6 Å². The van der Waals surface area contributed by atoms with Gasteiger partial charge < -0.3 is 10.1 Å². The van der Waals surface area contributed by atoms with Gasteiger partial charge in [0.1, 0.15) is 5.82 Å². The van der Waals surface area contributed by atoms with Gasteiger partial charge in [0.25, 0.3) is 0 Å². The van der Waals surface area contributed by atoms with E-state index in [0.717, 1.165) is 11.3 Å². The number of allylic oxidation sites excluding steroid dienone is 3. The molecular formula is C24H21ClFNO3. The summed E-state index contributed by atoms with van der Waals surface area (Å²) < 4.78 is 18.3. The lowest BCUT2D eigenvalue weighted by Crippen LogP contribution is -2.36. The highest BCUT2D eigenvalue weighted by Gasteiger charge is 2.41. The number of nitrogens with one attached hydrogen (secondary N) is 1. The first-order chi connectivity index (χ1) is 14.4. The lowest BCUT2D eigenvalue weighted by molar-refractivity contribution is -0.136. The fourth-order valence-corrected chi connectivity index (χ4v) is 4.66. The molecule has 4 rings (SSSR count). The molecule has 1 heterocycles. The van der Waals surface area contributed by atoms with Crippen molar-refractivity contribution in [2.45, 2.75) is 31.6 Å². The first-order valence-electron chi connectivity index (χ1n) is 9.73. The van der Waals surface area contributed by atoms with Crippen LogP contribution < -0.4 is 5.32 Å². The van der Waals surface area contributed by atoms with Crippen molar-refractivity contribution in [2.24, 2.45) is 0 Å². The van der Waals surface area contributed by atoms with Crippen LogP contribution in [0.5, 0.6) is 0 Å². The summed E-state index contributed by atoms with van der Waals surface area (Å²) in [4.78, 5) is 26.0. The van der Waals surface area contributed by atoms with E-state index >= 15 is 0 Å². The highest BCUT2D eigenvalue weighted by Crippen LogP contribution is 2.47. The lowest BCUT2D eigenvalue weighted by Gasteiger charge is -2.36. The monoisotopic (exact) mass is 425 g/mol. The maximum Gasteiger partial charge on any atom is 0.336 e. The molecular weight excluding hydrogens is 405 g/mol. The van der Waals surface area contributed by atoms with Crippen molar-refractivity contribution in [1.82, 2.24) is 5.32 Å². The van der Waals surface area contributed by atoms with Gasteiger partial charge in [0.2, 0.25) is 0 Å². The lowest BCUT2D eigenvalue weighted by atomic mass is 9.71. The van der Waals surface area contributed by atoms with E-state index in [1.165, 1.54) is 19.2 Å². The summed E-state index contributed by atoms with van der Waals surface area (Å²) in [6.45, 7) is 1.80. The molecule has 0 fully saturated rings. The molecule has 0 saturated heterocycles. The van der Waals surface area contributed by atoms with E-state index in [4.69, 9.17) is 16.3 Å². The summed E-state index contributed by atoms with van der Waals surface area (Å²) >= 11 is 6.47. The Bertz CT molecular complexity index is 1090. The number of methoxy groups -OCH3 is 1. The van der Waals surface area contributed by atoms with E-state index in [0.29, 0.717) is 33.9 Å². The molecule has 1 aliphatic heterocycles. The van der Waals surface area contributed by atoms with Crippen LogP contribution in [0.3, 0.4) is 0 Å². The third-order valence-corrected chi connectivity index (χ3v) is 6.13. The second-order valence-electron chi connectivity index (χ2n) is 7.58.